The van der Waals surface area contributed by atoms with Gasteiger partial charge in [0.1, 0.15) is 18.4 Å². The van der Waals surface area contributed by atoms with Crippen molar-refractivity contribution in [3.8, 4) is 5.75 Å². The van der Waals surface area contributed by atoms with Crippen LogP contribution in [0.3, 0.4) is 0 Å². The number of hydrogen-bond acceptors (Lipinski definition) is 5. The summed E-state index contributed by atoms with van der Waals surface area (Å²) in [7, 11) is 3.17. The summed E-state index contributed by atoms with van der Waals surface area (Å²) in [5.74, 6) is 0.458. The van der Waals surface area contributed by atoms with E-state index in [9.17, 15) is 9.59 Å². The molecule has 2 rings (SSSR count). The lowest BCUT2D eigenvalue weighted by atomic mass is 10.1. The lowest BCUT2D eigenvalue weighted by Crippen LogP contribution is -2.58. The molecule has 0 aliphatic carbocycles. The van der Waals surface area contributed by atoms with Gasteiger partial charge in [-0.3, -0.25) is 9.59 Å². The maximum Gasteiger partial charge on any atom is 0.249 e. The standard InChI is InChI=1S/C17H24N2O5/c1-13-17(21)19(14-4-6-15(23-3)7-5-14)9-8-18(13)16(20)12-24-11-10-22-2/h4-7,13H,8-12H2,1-3H3/t13-/m0/s1. The van der Waals surface area contributed by atoms with Gasteiger partial charge in [0.05, 0.1) is 20.3 Å². The summed E-state index contributed by atoms with van der Waals surface area (Å²) in [6.07, 6.45) is 0. The number of methoxy groups -OCH3 is 2. The van der Waals surface area contributed by atoms with E-state index in [1.54, 1.807) is 30.9 Å². The predicted molar refractivity (Wildman–Crippen MR) is 89.2 cm³/mol. The van der Waals surface area contributed by atoms with Gasteiger partial charge in [0.2, 0.25) is 11.8 Å². The highest BCUT2D eigenvalue weighted by Gasteiger charge is 2.34. The van der Waals surface area contributed by atoms with Gasteiger partial charge in [0, 0.05) is 25.9 Å². The van der Waals surface area contributed by atoms with Crippen molar-refractivity contribution in [2.75, 3.05) is 52.0 Å². The van der Waals surface area contributed by atoms with E-state index in [4.69, 9.17) is 14.2 Å². The van der Waals surface area contributed by atoms with Gasteiger partial charge in [-0.2, -0.15) is 0 Å². The van der Waals surface area contributed by atoms with Crippen molar-refractivity contribution < 1.29 is 23.8 Å². The fourth-order valence-electron chi connectivity index (χ4n) is 2.61. The Hall–Kier alpha value is -2.12. The molecule has 1 fully saturated rings. The third kappa shape index (κ3) is 4.24. The highest BCUT2D eigenvalue weighted by molar-refractivity contribution is 6.00. The summed E-state index contributed by atoms with van der Waals surface area (Å²) in [6, 6.07) is 6.80. The number of amides is 2. The molecular formula is C17H24N2O5. The monoisotopic (exact) mass is 336 g/mol. The zero-order chi connectivity index (χ0) is 17.5. The molecule has 1 aliphatic heterocycles. The number of carbonyl (C=O) groups excluding carboxylic acids is 2. The molecule has 24 heavy (non-hydrogen) atoms. The third-order valence-electron chi connectivity index (χ3n) is 4.02. The maximum atomic E-state index is 12.6. The van der Waals surface area contributed by atoms with Crippen LogP contribution >= 0.6 is 0 Å². The van der Waals surface area contributed by atoms with Crippen molar-refractivity contribution in [2.24, 2.45) is 0 Å². The Balaban J connectivity index is 1.95. The van der Waals surface area contributed by atoms with Crippen LogP contribution in [0.4, 0.5) is 5.69 Å². The fourth-order valence-corrected chi connectivity index (χ4v) is 2.61. The number of carbonyl (C=O) groups is 2. The van der Waals surface area contributed by atoms with E-state index < -0.39 is 6.04 Å². The average molecular weight is 336 g/mol. The third-order valence-corrected chi connectivity index (χ3v) is 4.02. The molecule has 132 valence electrons. The molecule has 1 atom stereocenters. The van der Waals surface area contributed by atoms with E-state index in [-0.39, 0.29) is 18.4 Å². The van der Waals surface area contributed by atoms with Gasteiger partial charge in [0.25, 0.3) is 0 Å². The molecule has 0 aromatic heterocycles. The van der Waals surface area contributed by atoms with Gasteiger partial charge < -0.3 is 24.0 Å². The van der Waals surface area contributed by atoms with E-state index in [0.717, 1.165) is 11.4 Å². The van der Waals surface area contributed by atoms with Crippen LogP contribution in [0, 0.1) is 0 Å². The zero-order valence-electron chi connectivity index (χ0n) is 14.4. The molecule has 1 aliphatic rings. The molecule has 1 saturated heterocycles. The lowest BCUT2D eigenvalue weighted by Gasteiger charge is -2.39. The summed E-state index contributed by atoms with van der Waals surface area (Å²) < 4.78 is 15.3. The smallest absolute Gasteiger partial charge is 0.249 e. The Bertz CT molecular complexity index is 561. The number of anilines is 1. The van der Waals surface area contributed by atoms with Crippen LogP contribution in [0.1, 0.15) is 6.92 Å². The van der Waals surface area contributed by atoms with Crippen molar-refractivity contribution in [2.45, 2.75) is 13.0 Å². The van der Waals surface area contributed by atoms with Crippen molar-refractivity contribution >= 4 is 17.5 Å². The number of hydrogen-bond donors (Lipinski definition) is 0. The summed E-state index contributed by atoms with van der Waals surface area (Å²) >= 11 is 0. The minimum Gasteiger partial charge on any atom is -0.497 e. The Kier molecular flexibility index (Phi) is 6.57. The van der Waals surface area contributed by atoms with Crippen molar-refractivity contribution in [3.05, 3.63) is 24.3 Å². The van der Waals surface area contributed by atoms with E-state index >= 15 is 0 Å². The fraction of sp³-hybridized carbons (Fsp3) is 0.529. The summed E-state index contributed by atoms with van der Waals surface area (Å²) in [5.41, 5.74) is 0.802. The normalized spacial score (nSPS) is 18.0. The second kappa shape index (κ2) is 8.65. The van der Waals surface area contributed by atoms with E-state index in [0.29, 0.717) is 26.3 Å². The van der Waals surface area contributed by atoms with Crippen molar-refractivity contribution in [1.29, 1.82) is 0 Å². The van der Waals surface area contributed by atoms with Crippen LogP contribution in [0.5, 0.6) is 5.75 Å². The molecule has 1 heterocycles. The molecule has 0 N–H and O–H groups in total. The number of nitrogens with zero attached hydrogens (tertiary/aromatic N) is 2. The summed E-state index contributed by atoms with van der Waals surface area (Å²) in [5, 5.41) is 0. The van der Waals surface area contributed by atoms with Crippen molar-refractivity contribution in [3.63, 3.8) is 0 Å². The van der Waals surface area contributed by atoms with Gasteiger partial charge in [-0.1, -0.05) is 0 Å². The van der Waals surface area contributed by atoms with Gasteiger partial charge in [-0.15, -0.1) is 0 Å². The predicted octanol–water partition coefficient (Wildman–Crippen LogP) is 0.922. The van der Waals surface area contributed by atoms with Crippen LogP contribution in [0.2, 0.25) is 0 Å². The Morgan fingerprint density at radius 2 is 1.88 bits per heavy atom. The Morgan fingerprint density at radius 3 is 2.50 bits per heavy atom. The molecule has 1 aromatic carbocycles. The molecule has 7 nitrogen and oxygen atoms in total. The SMILES string of the molecule is COCCOCC(=O)N1CCN(c2ccc(OC)cc2)C(=O)[C@@H]1C. The van der Waals surface area contributed by atoms with Gasteiger partial charge in [0.15, 0.2) is 0 Å². The molecular weight excluding hydrogens is 312 g/mol. The highest BCUT2D eigenvalue weighted by atomic mass is 16.5. The van der Waals surface area contributed by atoms with Gasteiger partial charge in [-0.25, -0.2) is 0 Å². The molecule has 0 bridgehead atoms. The first-order chi connectivity index (χ1) is 11.6. The molecule has 0 spiro atoms. The zero-order valence-corrected chi connectivity index (χ0v) is 14.4. The van der Waals surface area contributed by atoms with Crippen LogP contribution in [0.25, 0.3) is 0 Å². The molecule has 0 unspecified atom stereocenters. The number of piperazine rings is 1. The molecule has 2 amide bonds. The summed E-state index contributed by atoms with van der Waals surface area (Å²) in [6.45, 7) is 3.43. The van der Waals surface area contributed by atoms with Crippen LogP contribution < -0.4 is 9.64 Å². The molecule has 0 saturated carbocycles. The minimum absolute atomic E-state index is 0.0382. The Labute approximate surface area is 142 Å². The quantitative estimate of drug-likeness (QED) is 0.693. The average Bonchev–Trinajstić information content (AvgIpc) is 2.61. The maximum absolute atomic E-state index is 12.6. The van der Waals surface area contributed by atoms with E-state index in [1.165, 1.54) is 0 Å². The second-order valence-electron chi connectivity index (χ2n) is 5.50. The first kappa shape index (κ1) is 18.2. The second-order valence-corrected chi connectivity index (χ2v) is 5.50. The van der Waals surface area contributed by atoms with Crippen LogP contribution in [-0.2, 0) is 19.1 Å². The molecule has 0 radical (unpaired) electrons. The topological polar surface area (TPSA) is 68.3 Å². The number of rotatable bonds is 7. The lowest BCUT2D eigenvalue weighted by molar-refractivity contribution is -0.144. The summed E-state index contributed by atoms with van der Waals surface area (Å²) in [4.78, 5) is 28.1. The number of ether oxygens (including phenoxy) is 3. The first-order valence-electron chi connectivity index (χ1n) is 7.90. The van der Waals surface area contributed by atoms with Crippen molar-refractivity contribution in [1.82, 2.24) is 4.90 Å². The van der Waals surface area contributed by atoms with Gasteiger partial charge >= 0.3 is 0 Å². The van der Waals surface area contributed by atoms with E-state index in [2.05, 4.69) is 0 Å². The van der Waals surface area contributed by atoms with Gasteiger partial charge in [-0.05, 0) is 31.2 Å². The van der Waals surface area contributed by atoms with Crippen LogP contribution in [-0.4, -0.2) is 69.9 Å². The highest BCUT2D eigenvalue weighted by Crippen LogP contribution is 2.23. The molecule has 7 heteroatoms. The largest absolute Gasteiger partial charge is 0.497 e. The van der Waals surface area contributed by atoms with E-state index in [1.807, 2.05) is 24.3 Å². The molecule has 1 aromatic rings. The first-order valence-corrected chi connectivity index (χ1v) is 7.90. The number of benzene rings is 1. The Morgan fingerprint density at radius 1 is 1.17 bits per heavy atom. The van der Waals surface area contributed by atoms with Crippen LogP contribution in [0.15, 0.2) is 24.3 Å². The minimum atomic E-state index is -0.514.